The number of rotatable bonds is 3. The van der Waals surface area contributed by atoms with Crippen molar-refractivity contribution in [3.8, 4) is 0 Å². The van der Waals surface area contributed by atoms with E-state index >= 15 is 0 Å². The van der Waals surface area contributed by atoms with E-state index in [2.05, 4.69) is 35.2 Å². The minimum absolute atomic E-state index is 0. The lowest BCUT2D eigenvalue weighted by molar-refractivity contribution is -0.131. The molecule has 0 radical (unpaired) electrons. The van der Waals surface area contributed by atoms with Crippen molar-refractivity contribution in [2.24, 2.45) is 11.1 Å². The SMILES string of the molecule is C[C@@H](N)C(=O)N1CCC2(CCCN(Cc3ccccc3)C2)C1.Cl.Cl. The maximum atomic E-state index is 12.1. The fraction of sp³-hybridized carbons (Fsp3) is 0.611. The number of amides is 1. The van der Waals surface area contributed by atoms with Gasteiger partial charge in [0.15, 0.2) is 0 Å². The monoisotopic (exact) mass is 373 g/mol. The molecule has 1 amide bonds. The Bertz CT molecular complexity index is 526. The molecule has 24 heavy (non-hydrogen) atoms. The molecule has 2 fully saturated rings. The van der Waals surface area contributed by atoms with E-state index in [9.17, 15) is 4.79 Å². The summed E-state index contributed by atoms with van der Waals surface area (Å²) in [6.45, 7) is 6.83. The summed E-state index contributed by atoms with van der Waals surface area (Å²) < 4.78 is 0. The first-order valence-electron chi connectivity index (χ1n) is 8.39. The molecule has 4 nitrogen and oxygen atoms in total. The van der Waals surface area contributed by atoms with Crippen molar-refractivity contribution in [2.75, 3.05) is 26.2 Å². The molecule has 2 saturated heterocycles. The van der Waals surface area contributed by atoms with E-state index in [4.69, 9.17) is 5.73 Å². The first-order valence-corrected chi connectivity index (χ1v) is 8.39. The number of nitrogens with two attached hydrogens (primary N) is 1. The van der Waals surface area contributed by atoms with Gasteiger partial charge in [-0.15, -0.1) is 24.8 Å². The Kier molecular flexibility index (Phi) is 8.00. The van der Waals surface area contributed by atoms with Crippen molar-refractivity contribution in [1.29, 1.82) is 0 Å². The molecule has 0 aliphatic carbocycles. The van der Waals surface area contributed by atoms with E-state index in [1.807, 2.05) is 4.90 Å². The van der Waals surface area contributed by atoms with Crippen LogP contribution in [-0.2, 0) is 11.3 Å². The van der Waals surface area contributed by atoms with Crippen LogP contribution in [0.15, 0.2) is 30.3 Å². The van der Waals surface area contributed by atoms with Crippen molar-refractivity contribution in [1.82, 2.24) is 9.80 Å². The minimum Gasteiger partial charge on any atom is -0.341 e. The lowest BCUT2D eigenvalue weighted by atomic mass is 9.79. The zero-order chi connectivity index (χ0) is 15.6. The Balaban J connectivity index is 0.00000144. The van der Waals surface area contributed by atoms with Crippen molar-refractivity contribution in [3.63, 3.8) is 0 Å². The molecule has 0 aromatic heterocycles. The molecule has 1 aromatic carbocycles. The van der Waals surface area contributed by atoms with Crippen LogP contribution in [0, 0.1) is 5.41 Å². The second-order valence-electron chi connectivity index (χ2n) is 7.10. The van der Waals surface area contributed by atoms with Crippen LogP contribution in [0.3, 0.4) is 0 Å². The highest BCUT2D eigenvalue weighted by Crippen LogP contribution is 2.39. The zero-order valence-corrected chi connectivity index (χ0v) is 16.0. The molecule has 1 spiro atoms. The van der Waals surface area contributed by atoms with Crippen molar-refractivity contribution >= 4 is 30.7 Å². The predicted molar refractivity (Wildman–Crippen MR) is 103 cm³/mol. The van der Waals surface area contributed by atoms with E-state index in [1.165, 1.54) is 18.4 Å². The van der Waals surface area contributed by atoms with Gasteiger partial charge in [-0.1, -0.05) is 30.3 Å². The van der Waals surface area contributed by atoms with Crippen molar-refractivity contribution in [2.45, 2.75) is 38.8 Å². The average Bonchev–Trinajstić information content (AvgIpc) is 2.91. The summed E-state index contributed by atoms with van der Waals surface area (Å²) in [5.41, 5.74) is 7.43. The summed E-state index contributed by atoms with van der Waals surface area (Å²) in [5.74, 6) is 0.108. The fourth-order valence-corrected chi connectivity index (χ4v) is 4.03. The molecule has 2 heterocycles. The van der Waals surface area contributed by atoms with Crippen LogP contribution in [0.25, 0.3) is 0 Å². The molecule has 6 heteroatoms. The molecule has 3 rings (SSSR count). The summed E-state index contributed by atoms with van der Waals surface area (Å²) in [4.78, 5) is 16.7. The van der Waals surface area contributed by atoms with Gasteiger partial charge in [-0.3, -0.25) is 9.69 Å². The first kappa shape index (κ1) is 21.2. The molecule has 2 aliphatic heterocycles. The van der Waals surface area contributed by atoms with Gasteiger partial charge < -0.3 is 10.6 Å². The Morgan fingerprint density at radius 1 is 1.17 bits per heavy atom. The maximum Gasteiger partial charge on any atom is 0.239 e. The molecule has 0 bridgehead atoms. The van der Waals surface area contributed by atoms with E-state index < -0.39 is 0 Å². The quantitative estimate of drug-likeness (QED) is 0.885. The number of carbonyl (C=O) groups is 1. The van der Waals surface area contributed by atoms with Crippen LogP contribution >= 0.6 is 24.8 Å². The molecule has 2 aliphatic rings. The standard InChI is InChI=1S/C18H27N3O.2ClH/c1-15(19)17(22)21-11-9-18(14-21)8-5-10-20(13-18)12-16-6-3-2-4-7-16;;/h2-4,6-7,15H,5,8-14,19H2,1H3;2*1H/t15-,18?;;/m1../s1. The van der Waals surface area contributed by atoms with E-state index in [0.717, 1.165) is 39.1 Å². The van der Waals surface area contributed by atoms with Gasteiger partial charge in [0.05, 0.1) is 6.04 Å². The summed E-state index contributed by atoms with van der Waals surface area (Å²) in [5, 5.41) is 0. The van der Waals surface area contributed by atoms with Crippen LogP contribution in [0.1, 0.15) is 31.7 Å². The molecule has 1 unspecified atom stereocenters. The van der Waals surface area contributed by atoms with Gasteiger partial charge in [0.2, 0.25) is 5.91 Å². The number of likely N-dealkylation sites (tertiary alicyclic amines) is 2. The number of hydrogen-bond acceptors (Lipinski definition) is 3. The molecule has 0 saturated carbocycles. The Morgan fingerprint density at radius 2 is 1.88 bits per heavy atom. The van der Waals surface area contributed by atoms with E-state index in [-0.39, 0.29) is 42.2 Å². The summed E-state index contributed by atoms with van der Waals surface area (Å²) >= 11 is 0. The number of halogens is 2. The second-order valence-corrected chi connectivity index (χ2v) is 7.10. The number of hydrogen-bond donors (Lipinski definition) is 1. The van der Waals surface area contributed by atoms with Crippen LogP contribution < -0.4 is 5.73 Å². The largest absolute Gasteiger partial charge is 0.341 e. The highest BCUT2D eigenvalue weighted by molar-refractivity contribution is 5.85. The molecular weight excluding hydrogens is 345 g/mol. The fourth-order valence-electron chi connectivity index (χ4n) is 4.03. The van der Waals surface area contributed by atoms with Crippen molar-refractivity contribution in [3.05, 3.63) is 35.9 Å². The van der Waals surface area contributed by atoms with Gasteiger partial charge in [0.1, 0.15) is 0 Å². The molecule has 2 N–H and O–H groups in total. The third-order valence-electron chi connectivity index (χ3n) is 5.13. The van der Waals surface area contributed by atoms with E-state index in [1.54, 1.807) is 6.92 Å². The highest BCUT2D eigenvalue weighted by atomic mass is 35.5. The molecule has 136 valence electrons. The Hall–Kier alpha value is -0.810. The smallest absolute Gasteiger partial charge is 0.239 e. The lowest BCUT2D eigenvalue weighted by Gasteiger charge is -2.40. The summed E-state index contributed by atoms with van der Waals surface area (Å²) in [6.07, 6.45) is 3.59. The van der Waals surface area contributed by atoms with Crippen molar-refractivity contribution < 1.29 is 4.79 Å². The third-order valence-corrected chi connectivity index (χ3v) is 5.13. The maximum absolute atomic E-state index is 12.1. The van der Waals surface area contributed by atoms with Gasteiger partial charge in [0, 0.05) is 31.6 Å². The van der Waals surface area contributed by atoms with Gasteiger partial charge in [-0.25, -0.2) is 0 Å². The number of piperidine rings is 1. The lowest BCUT2D eigenvalue weighted by Crippen LogP contribution is -2.46. The summed E-state index contributed by atoms with van der Waals surface area (Å²) in [7, 11) is 0. The number of benzene rings is 1. The highest BCUT2D eigenvalue weighted by Gasteiger charge is 2.42. The molecular formula is C18H29Cl2N3O. The minimum atomic E-state index is -0.376. The predicted octanol–water partition coefficient (Wildman–Crippen LogP) is 2.69. The van der Waals surface area contributed by atoms with Crippen LogP contribution in [0.5, 0.6) is 0 Å². The number of nitrogens with zero attached hydrogens (tertiary/aromatic N) is 2. The summed E-state index contributed by atoms with van der Waals surface area (Å²) in [6, 6.07) is 10.3. The first-order chi connectivity index (χ1) is 10.6. The molecule has 1 aromatic rings. The normalized spacial score (nSPS) is 25.0. The van der Waals surface area contributed by atoms with Crippen LogP contribution in [0.4, 0.5) is 0 Å². The van der Waals surface area contributed by atoms with Gasteiger partial charge >= 0.3 is 0 Å². The van der Waals surface area contributed by atoms with Gasteiger partial charge in [-0.05, 0) is 38.3 Å². The van der Waals surface area contributed by atoms with Crippen LogP contribution in [0.2, 0.25) is 0 Å². The topological polar surface area (TPSA) is 49.6 Å². The Morgan fingerprint density at radius 3 is 2.54 bits per heavy atom. The van der Waals surface area contributed by atoms with E-state index in [0.29, 0.717) is 0 Å². The average molecular weight is 374 g/mol. The van der Waals surface area contributed by atoms with Gasteiger partial charge in [0.25, 0.3) is 0 Å². The molecule has 2 atom stereocenters. The second kappa shape index (κ2) is 9.04. The zero-order valence-electron chi connectivity index (χ0n) is 14.3. The van der Waals surface area contributed by atoms with Gasteiger partial charge in [-0.2, -0.15) is 0 Å². The number of carbonyl (C=O) groups excluding carboxylic acids is 1. The Labute approximate surface area is 157 Å². The third kappa shape index (κ3) is 4.85. The van der Waals surface area contributed by atoms with Crippen LogP contribution in [-0.4, -0.2) is 47.9 Å².